The number of halogens is 1. The maximum absolute atomic E-state index is 12.0. The van der Waals surface area contributed by atoms with E-state index >= 15 is 0 Å². The average Bonchev–Trinajstić information content (AvgIpc) is 2.74. The molecule has 1 heterocycles. The van der Waals surface area contributed by atoms with Gasteiger partial charge in [0.25, 0.3) is 0 Å². The van der Waals surface area contributed by atoms with Crippen LogP contribution < -0.4 is 0 Å². The fourth-order valence-corrected chi connectivity index (χ4v) is 2.37. The Kier molecular flexibility index (Phi) is 8.29. The Morgan fingerprint density at radius 3 is 2.48 bits per heavy atom. The van der Waals surface area contributed by atoms with Gasteiger partial charge in [0, 0.05) is 23.7 Å². The van der Waals surface area contributed by atoms with Gasteiger partial charge in [-0.15, -0.1) is 5.10 Å². The van der Waals surface area contributed by atoms with E-state index in [0.717, 1.165) is 5.56 Å². The number of hydrogen-bond donors (Lipinski definition) is 0. The third-order valence-electron chi connectivity index (χ3n) is 3.73. The first kappa shape index (κ1) is 22.0. The van der Waals surface area contributed by atoms with Crippen LogP contribution in [-0.4, -0.2) is 42.5 Å². The van der Waals surface area contributed by atoms with Crippen molar-refractivity contribution in [1.29, 1.82) is 0 Å². The largest absolute Gasteiger partial charge is 0.473 e. The number of pyridine rings is 1. The maximum atomic E-state index is 12.0. The zero-order chi connectivity index (χ0) is 21.2. The second-order valence-corrected chi connectivity index (χ2v) is 6.15. The number of methoxy groups -OCH3 is 1. The molecule has 0 saturated carbocycles. The molecule has 0 fully saturated rings. The first-order chi connectivity index (χ1) is 14.0. The highest BCUT2D eigenvalue weighted by Crippen LogP contribution is 2.12. The summed E-state index contributed by atoms with van der Waals surface area (Å²) in [6, 6.07) is 10.6. The summed E-state index contributed by atoms with van der Waals surface area (Å²) < 4.78 is 10.4. The molecule has 8 nitrogen and oxygen atoms in total. The van der Waals surface area contributed by atoms with E-state index in [1.54, 1.807) is 37.4 Å². The molecular formula is C20H21ClN4O4. The highest BCUT2D eigenvalue weighted by Gasteiger charge is 2.20. The second kappa shape index (κ2) is 10.9. The monoisotopic (exact) mass is 416 g/mol. The number of oxime groups is 1. The van der Waals surface area contributed by atoms with Crippen molar-refractivity contribution in [2.45, 2.75) is 20.5 Å². The Balaban J connectivity index is 2.14. The number of rotatable bonds is 7. The molecule has 1 aromatic carbocycles. The van der Waals surface area contributed by atoms with Gasteiger partial charge in [0.1, 0.15) is 13.7 Å². The predicted molar refractivity (Wildman–Crippen MR) is 111 cm³/mol. The van der Waals surface area contributed by atoms with Crippen molar-refractivity contribution in [3.8, 4) is 0 Å². The summed E-state index contributed by atoms with van der Waals surface area (Å²) in [4.78, 5) is 21.0. The summed E-state index contributed by atoms with van der Waals surface area (Å²) in [5, 5.41) is 12.6. The molecule has 0 unspecified atom stereocenters. The van der Waals surface area contributed by atoms with Gasteiger partial charge in [-0.05, 0) is 36.8 Å². The van der Waals surface area contributed by atoms with E-state index in [1.165, 1.54) is 14.2 Å². The van der Waals surface area contributed by atoms with Gasteiger partial charge in [-0.2, -0.15) is 5.10 Å². The molecule has 152 valence electrons. The molecule has 0 spiro atoms. The number of hydrogen-bond acceptors (Lipinski definition) is 8. The highest BCUT2D eigenvalue weighted by molar-refractivity contribution is 6.43. The van der Waals surface area contributed by atoms with E-state index in [1.807, 2.05) is 19.1 Å². The van der Waals surface area contributed by atoms with Crippen molar-refractivity contribution < 1.29 is 19.1 Å². The van der Waals surface area contributed by atoms with Crippen molar-refractivity contribution in [2.24, 2.45) is 15.4 Å². The van der Waals surface area contributed by atoms with Gasteiger partial charge in [0.2, 0.25) is 5.90 Å². The predicted octanol–water partition coefficient (Wildman–Crippen LogP) is 3.62. The van der Waals surface area contributed by atoms with Crippen LogP contribution in [0, 0.1) is 0 Å². The van der Waals surface area contributed by atoms with Crippen LogP contribution >= 0.6 is 11.6 Å². The maximum Gasteiger partial charge on any atom is 0.360 e. The van der Waals surface area contributed by atoms with Crippen molar-refractivity contribution >= 4 is 34.9 Å². The first-order valence-electron chi connectivity index (χ1n) is 8.57. The zero-order valence-corrected chi connectivity index (χ0v) is 17.3. The molecule has 0 radical (unpaired) electrons. The lowest BCUT2D eigenvalue weighted by Gasteiger charge is -2.10. The van der Waals surface area contributed by atoms with Gasteiger partial charge in [-0.3, -0.25) is 4.98 Å². The van der Waals surface area contributed by atoms with Crippen molar-refractivity contribution in [2.75, 3.05) is 14.2 Å². The molecular weight excluding hydrogens is 396 g/mol. The molecule has 0 aliphatic carbocycles. The van der Waals surface area contributed by atoms with Crippen LogP contribution in [0.25, 0.3) is 0 Å². The molecule has 0 saturated heterocycles. The van der Waals surface area contributed by atoms with Crippen molar-refractivity contribution in [1.82, 2.24) is 4.98 Å². The average molecular weight is 417 g/mol. The smallest absolute Gasteiger partial charge is 0.360 e. The van der Waals surface area contributed by atoms with E-state index in [0.29, 0.717) is 27.9 Å². The summed E-state index contributed by atoms with van der Waals surface area (Å²) in [6.07, 6.45) is 1.58. The molecule has 2 rings (SSSR count). The number of ether oxygens (including phenoxy) is 2. The van der Waals surface area contributed by atoms with Crippen LogP contribution in [0.2, 0.25) is 5.02 Å². The van der Waals surface area contributed by atoms with Gasteiger partial charge in [0.15, 0.2) is 5.71 Å². The Morgan fingerprint density at radius 1 is 1.10 bits per heavy atom. The van der Waals surface area contributed by atoms with E-state index in [4.69, 9.17) is 25.9 Å². The molecule has 0 atom stereocenters. The van der Waals surface area contributed by atoms with Gasteiger partial charge in [-0.1, -0.05) is 28.9 Å². The Labute approximate surface area is 173 Å². The van der Waals surface area contributed by atoms with Crippen LogP contribution in [0.3, 0.4) is 0 Å². The summed E-state index contributed by atoms with van der Waals surface area (Å²) in [6.45, 7) is 3.56. The Hall–Kier alpha value is -3.26. The van der Waals surface area contributed by atoms with Crippen LogP contribution in [0.4, 0.5) is 0 Å². The number of aromatic nitrogens is 1. The van der Waals surface area contributed by atoms with E-state index in [2.05, 4.69) is 20.3 Å². The lowest BCUT2D eigenvalue weighted by molar-refractivity contribution is -0.132. The number of nitrogens with zero attached hydrogens (tertiary/aromatic N) is 4. The molecule has 0 bridgehead atoms. The van der Waals surface area contributed by atoms with E-state index in [9.17, 15) is 4.79 Å². The first-order valence-corrected chi connectivity index (χ1v) is 8.95. The third-order valence-corrected chi connectivity index (χ3v) is 3.98. The molecule has 0 aliphatic rings. The molecule has 0 N–H and O–H groups in total. The zero-order valence-electron chi connectivity index (χ0n) is 16.5. The summed E-state index contributed by atoms with van der Waals surface area (Å²) in [5.74, 6) is -0.312. The number of esters is 1. The number of carbonyl (C=O) groups excluding carboxylic acids is 1. The van der Waals surface area contributed by atoms with Crippen molar-refractivity contribution in [3.05, 3.63) is 64.4 Å². The fourth-order valence-electron chi connectivity index (χ4n) is 2.25. The number of carbonyl (C=O) groups is 1. The minimum atomic E-state index is -0.644. The van der Waals surface area contributed by atoms with Crippen LogP contribution in [-0.2, 0) is 25.7 Å². The molecule has 29 heavy (non-hydrogen) atoms. The van der Waals surface area contributed by atoms with E-state index in [-0.39, 0.29) is 12.3 Å². The topological polar surface area (TPSA) is 94.7 Å². The molecule has 9 heteroatoms. The van der Waals surface area contributed by atoms with E-state index < -0.39 is 5.97 Å². The molecule has 2 aromatic rings. The third kappa shape index (κ3) is 6.39. The second-order valence-electron chi connectivity index (χ2n) is 5.71. The van der Waals surface area contributed by atoms with Crippen LogP contribution in [0.5, 0.6) is 0 Å². The number of benzene rings is 1. The summed E-state index contributed by atoms with van der Waals surface area (Å²) in [5.41, 5.74) is 2.52. The minimum Gasteiger partial charge on any atom is -0.473 e. The normalized spacial score (nSPS) is 12.5. The summed E-state index contributed by atoms with van der Waals surface area (Å²) in [7, 11) is 2.60. The van der Waals surface area contributed by atoms with Crippen LogP contribution in [0.1, 0.15) is 30.7 Å². The Morgan fingerprint density at radius 2 is 1.83 bits per heavy atom. The lowest BCUT2D eigenvalue weighted by Crippen LogP contribution is -2.20. The molecule has 0 amide bonds. The van der Waals surface area contributed by atoms with Gasteiger partial charge < -0.3 is 14.3 Å². The van der Waals surface area contributed by atoms with Gasteiger partial charge >= 0.3 is 5.97 Å². The SMILES string of the molecule is CON=C(C(=O)OC)c1cccnc1COC(C)=NN=C(C)c1ccc(Cl)cc1. The summed E-state index contributed by atoms with van der Waals surface area (Å²) >= 11 is 5.89. The molecule has 1 aromatic heterocycles. The highest BCUT2D eigenvalue weighted by atomic mass is 35.5. The van der Waals surface area contributed by atoms with Crippen molar-refractivity contribution in [3.63, 3.8) is 0 Å². The standard InChI is InChI=1S/C20H21ClN4O4/c1-13(15-7-9-16(21)10-8-15)23-24-14(2)29-12-18-17(6-5-11-22-18)19(25-28-4)20(26)27-3/h5-11H,12H2,1-4H3. The van der Waals surface area contributed by atoms with Crippen LogP contribution in [0.15, 0.2) is 58.0 Å². The molecule has 0 aliphatic heterocycles. The lowest BCUT2D eigenvalue weighted by atomic mass is 10.1. The Bertz CT molecular complexity index is 940. The minimum absolute atomic E-state index is 0.00658. The van der Waals surface area contributed by atoms with Gasteiger partial charge in [-0.25, -0.2) is 4.79 Å². The quantitative estimate of drug-likeness (QED) is 0.297. The van der Waals surface area contributed by atoms with Gasteiger partial charge in [0.05, 0.1) is 18.5 Å². The fraction of sp³-hybridized carbons (Fsp3) is 0.250.